The fraction of sp³-hybridized carbons (Fsp3) is 0.368. The highest BCUT2D eigenvalue weighted by Crippen LogP contribution is 2.14. The van der Waals surface area contributed by atoms with Gasteiger partial charge in [0.05, 0.1) is 0 Å². The Kier molecular flexibility index (Phi) is 6.62. The summed E-state index contributed by atoms with van der Waals surface area (Å²) in [6.07, 6.45) is 11.0. The minimum Gasteiger partial charge on any atom is -0.410 e. The Morgan fingerprint density at radius 1 is 1.00 bits per heavy atom. The van der Waals surface area contributed by atoms with Gasteiger partial charge in [-0.3, -0.25) is 4.98 Å². The molecule has 0 aliphatic heterocycles. The second-order valence-electron chi connectivity index (χ2n) is 5.55. The lowest BCUT2D eigenvalue weighted by Crippen LogP contribution is -2.03. The van der Waals surface area contributed by atoms with E-state index in [4.69, 9.17) is 0 Å². The van der Waals surface area contributed by atoms with E-state index in [1.165, 1.54) is 37.7 Å². The van der Waals surface area contributed by atoms with E-state index in [1.54, 1.807) is 12.4 Å². The van der Waals surface area contributed by atoms with Crippen LogP contribution in [0.15, 0.2) is 53.9 Å². The molecule has 3 heteroatoms. The SMILES string of the molecule is CCCCCCCc1ccc(C(=NO)c2cccnc2)cc1. The standard InChI is InChI=1S/C19H24N2O/c1-2-3-4-5-6-8-16-10-12-17(13-11-16)19(21-22)18-9-7-14-20-15-18/h7,9-15,22H,2-6,8H2,1H3. The monoisotopic (exact) mass is 296 g/mol. The van der Waals surface area contributed by atoms with E-state index in [0.29, 0.717) is 5.71 Å². The number of oxime groups is 1. The quantitative estimate of drug-likeness (QED) is 0.328. The predicted molar refractivity (Wildman–Crippen MR) is 90.6 cm³/mol. The fourth-order valence-corrected chi connectivity index (χ4v) is 2.55. The summed E-state index contributed by atoms with van der Waals surface area (Å²) < 4.78 is 0. The Bertz CT molecular complexity index is 576. The van der Waals surface area contributed by atoms with Gasteiger partial charge in [-0.25, -0.2) is 0 Å². The molecule has 0 aliphatic carbocycles. The van der Waals surface area contributed by atoms with Gasteiger partial charge in [0.2, 0.25) is 0 Å². The Hall–Kier alpha value is -2.16. The Morgan fingerprint density at radius 3 is 2.41 bits per heavy atom. The van der Waals surface area contributed by atoms with Crippen molar-refractivity contribution >= 4 is 5.71 Å². The zero-order chi connectivity index (χ0) is 15.6. The third kappa shape index (κ3) is 4.69. The van der Waals surface area contributed by atoms with Crippen LogP contribution in [-0.2, 0) is 6.42 Å². The van der Waals surface area contributed by atoms with Crippen molar-refractivity contribution in [3.63, 3.8) is 0 Å². The maximum Gasteiger partial charge on any atom is 0.118 e. The van der Waals surface area contributed by atoms with Crippen molar-refractivity contribution in [1.29, 1.82) is 0 Å². The summed E-state index contributed by atoms with van der Waals surface area (Å²) in [5.74, 6) is 0. The van der Waals surface area contributed by atoms with Crippen molar-refractivity contribution in [2.45, 2.75) is 45.4 Å². The molecule has 1 heterocycles. The van der Waals surface area contributed by atoms with Gasteiger partial charge in [0.1, 0.15) is 5.71 Å². The molecule has 0 saturated heterocycles. The van der Waals surface area contributed by atoms with Crippen LogP contribution in [0, 0.1) is 0 Å². The van der Waals surface area contributed by atoms with E-state index in [9.17, 15) is 5.21 Å². The average Bonchev–Trinajstić information content (AvgIpc) is 2.58. The molecule has 0 fully saturated rings. The lowest BCUT2D eigenvalue weighted by atomic mass is 10.00. The van der Waals surface area contributed by atoms with E-state index in [-0.39, 0.29) is 0 Å². The topological polar surface area (TPSA) is 45.5 Å². The Morgan fingerprint density at radius 2 is 1.77 bits per heavy atom. The number of hydrogen-bond donors (Lipinski definition) is 1. The third-order valence-electron chi connectivity index (χ3n) is 3.83. The molecular formula is C19H24N2O. The molecule has 0 spiro atoms. The highest BCUT2D eigenvalue weighted by atomic mass is 16.4. The van der Waals surface area contributed by atoms with Crippen molar-refractivity contribution in [3.8, 4) is 0 Å². The molecule has 2 rings (SSSR count). The first-order valence-corrected chi connectivity index (χ1v) is 8.07. The summed E-state index contributed by atoms with van der Waals surface area (Å²) in [6.45, 7) is 2.24. The van der Waals surface area contributed by atoms with Crippen LogP contribution in [0.5, 0.6) is 0 Å². The smallest absolute Gasteiger partial charge is 0.118 e. The molecule has 0 unspecified atom stereocenters. The van der Waals surface area contributed by atoms with Gasteiger partial charge < -0.3 is 5.21 Å². The van der Waals surface area contributed by atoms with Crippen LogP contribution in [0.2, 0.25) is 0 Å². The van der Waals surface area contributed by atoms with Gasteiger partial charge in [0.25, 0.3) is 0 Å². The predicted octanol–water partition coefficient (Wildman–Crippen LogP) is 4.82. The maximum absolute atomic E-state index is 9.29. The van der Waals surface area contributed by atoms with Gasteiger partial charge in [-0.05, 0) is 30.5 Å². The van der Waals surface area contributed by atoms with Crippen LogP contribution in [0.3, 0.4) is 0 Å². The first-order valence-electron chi connectivity index (χ1n) is 8.07. The van der Waals surface area contributed by atoms with Gasteiger partial charge in [-0.1, -0.05) is 62.0 Å². The largest absolute Gasteiger partial charge is 0.410 e. The minimum absolute atomic E-state index is 0.558. The van der Waals surface area contributed by atoms with Gasteiger partial charge >= 0.3 is 0 Å². The number of hydrogen-bond acceptors (Lipinski definition) is 3. The van der Waals surface area contributed by atoms with Gasteiger partial charge in [0, 0.05) is 23.5 Å². The molecule has 0 bridgehead atoms. The Balaban J connectivity index is 1.96. The van der Waals surface area contributed by atoms with Crippen molar-refractivity contribution in [3.05, 3.63) is 65.5 Å². The molecule has 1 aromatic carbocycles. The highest BCUT2D eigenvalue weighted by molar-refractivity contribution is 6.12. The summed E-state index contributed by atoms with van der Waals surface area (Å²) in [4.78, 5) is 4.07. The summed E-state index contributed by atoms with van der Waals surface area (Å²) in [5.41, 5.74) is 3.62. The number of rotatable bonds is 8. The number of benzene rings is 1. The Labute approximate surface area is 132 Å². The molecular weight excluding hydrogens is 272 g/mol. The number of aryl methyl sites for hydroxylation is 1. The van der Waals surface area contributed by atoms with E-state index in [0.717, 1.165) is 17.5 Å². The van der Waals surface area contributed by atoms with Crippen molar-refractivity contribution in [1.82, 2.24) is 4.98 Å². The molecule has 0 amide bonds. The summed E-state index contributed by atoms with van der Waals surface area (Å²) >= 11 is 0. The van der Waals surface area contributed by atoms with Crippen LogP contribution >= 0.6 is 0 Å². The molecule has 0 atom stereocenters. The van der Waals surface area contributed by atoms with Gasteiger partial charge in [-0.15, -0.1) is 0 Å². The zero-order valence-electron chi connectivity index (χ0n) is 13.2. The zero-order valence-corrected chi connectivity index (χ0v) is 13.2. The molecule has 22 heavy (non-hydrogen) atoms. The molecule has 2 aromatic rings. The highest BCUT2D eigenvalue weighted by Gasteiger charge is 2.07. The number of pyridine rings is 1. The molecule has 3 nitrogen and oxygen atoms in total. The molecule has 0 saturated carbocycles. The van der Waals surface area contributed by atoms with Gasteiger partial charge in [-0.2, -0.15) is 0 Å². The van der Waals surface area contributed by atoms with Crippen LogP contribution in [0.4, 0.5) is 0 Å². The van der Waals surface area contributed by atoms with Gasteiger partial charge in [0.15, 0.2) is 0 Å². The molecule has 1 aromatic heterocycles. The van der Waals surface area contributed by atoms with E-state index in [1.807, 2.05) is 24.3 Å². The van der Waals surface area contributed by atoms with Crippen molar-refractivity contribution in [2.75, 3.05) is 0 Å². The summed E-state index contributed by atoms with van der Waals surface area (Å²) in [7, 11) is 0. The van der Waals surface area contributed by atoms with Crippen molar-refractivity contribution < 1.29 is 5.21 Å². The third-order valence-corrected chi connectivity index (χ3v) is 3.83. The lowest BCUT2D eigenvalue weighted by molar-refractivity contribution is 0.319. The number of unbranched alkanes of at least 4 members (excludes halogenated alkanes) is 4. The maximum atomic E-state index is 9.29. The van der Waals surface area contributed by atoms with Crippen LogP contribution in [-0.4, -0.2) is 15.9 Å². The lowest BCUT2D eigenvalue weighted by Gasteiger charge is -2.06. The average molecular weight is 296 g/mol. The second-order valence-corrected chi connectivity index (χ2v) is 5.55. The normalized spacial score (nSPS) is 11.6. The molecule has 116 valence electrons. The minimum atomic E-state index is 0.558. The van der Waals surface area contributed by atoms with E-state index < -0.39 is 0 Å². The number of aromatic nitrogens is 1. The van der Waals surface area contributed by atoms with Crippen molar-refractivity contribution in [2.24, 2.45) is 5.16 Å². The van der Waals surface area contributed by atoms with Crippen LogP contribution < -0.4 is 0 Å². The molecule has 1 N–H and O–H groups in total. The first kappa shape index (κ1) is 16.2. The summed E-state index contributed by atoms with van der Waals surface area (Å²) in [5, 5.41) is 12.7. The summed E-state index contributed by atoms with van der Waals surface area (Å²) in [6, 6.07) is 12.0. The first-order chi connectivity index (χ1) is 10.8. The van der Waals surface area contributed by atoms with Crippen LogP contribution in [0.1, 0.15) is 55.7 Å². The fourth-order valence-electron chi connectivity index (χ4n) is 2.55. The molecule has 0 aliphatic rings. The van der Waals surface area contributed by atoms with Crippen LogP contribution in [0.25, 0.3) is 0 Å². The van der Waals surface area contributed by atoms with E-state index >= 15 is 0 Å². The molecule has 0 radical (unpaired) electrons. The van der Waals surface area contributed by atoms with E-state index in [2.05, 4.69) is 29.2 Å². The second kappa shape index (κ2) is 8.98. The number of nitrogens with zero attached hydrogens (tertiary/aromatic N) is 2.